The van der Waals surface area contributed by atoms with Gasteiger partial charge in [0.1, 0.15) is 6.61 Å². The Kier molecular flexibility index (Phi) is 3.71. The number of anilines is 1. The Morgan fingerprint density at radius 1 is 1.10 bits per heavy atom. The monoisotopic (exact) mass is 403 g/mol. The largest absolute Gasteiger partial charge is 0.448 e. The van der Waals surface area contributed by atoms with Gasteiger partial charge in [-0.3, -0.25) is 4.90 Å². The summed E-state index contributed by atoms with van der Waals surface area (Å²) in [6.45, 7) is 0.362. The Morgan fingerprint density at radius 3 is 2.52 bits per heavy atom. The average molecular weight is 404 g/mol. The van der Waals surface area contributed by atoms with Crippen molar-refractivity contribution < 1.29 is 9.53 Å². The maximum Gasteiger partial charge on any atom is 0.410 e. The third kappa shape index (κ3) is 2.52. The lowest BCUT2D eigenvalue weighted by Gasteiger charge is -2.33. The van der Waals surface area contributed by atoms with Crippen molar-refractivity contribution in [3.05, 3.63) is 70.2 Å². The molecule has 6 rings (SSSR count). The fourth-order valence-corrected chi connectivity index (χ4v) is 6.29. The van der Waals surface area contributed by atoms with Gasteiger partial charge < -0.3 is 10.5 Å². The number of amides is 1. The highest BCUT2D eigenvalue weighted by Crippen LogP contribution is 2.48. The minimum atomic E-state index is -0.211. The average Bonchev–Trinajstić information content (AvgIpc) is 3.38. The number of hydrogen-bond acceptors (Lipinski definition) is 5. The number of fused-ring (bicyclic) bond motifs is 7. The van der Waals surface area contributed by atoms with Crippen LogP contribution < -0.4 is 5.73 Å². The van der Waals surface area contributed by atoms with Crippen molar-refractivity contribution >= 4 is 22.6 Å². The molecule has 0 saturated carbocycles. The maximum absolute atomic E-state index is 13.1. The summed E-state index contributed by atoms with van der Waals surface area (Å²) in [5, 5.41) is 0.593. The molecule has 3 aromatic rings. The van der Waals surface area contributed by atoms with Gasteiger partial charge in [-0.05, 0) is 35.1 Å². The van der Waals surface area contributed by atoms with Gasteiger partial charge in [-0.15, -0.1) is 0 Å². The van der Waals surface area contributed by atoms with Gasteiger partial charge in [0.15, 0.2) is 5.13 Å². The van der Waals surface area contributed by atoms with Crippen LogP contribution in [0.25, 0.3) is 11.1 Å². The molecule has 1 saturated heterocycles. The van der Waals surface area contributed by atoms with Crippen LogP contribution in [0, 0.1) is 0 Å². The van der Waals surface area contributed by atoms with Crippen molar-refractivity contribution in [2.45, 2.75) is 37.3 Å². The van der Waals surface area contributed by atoms with Gasteiger partial charge in [-0.1, -0.05) is 59.9 Å². The molecule has 2 N–H and O–H groups in total. The molecule has 2 atom stereocenters. The standard InChI is InChI=1S/C23H21N3O2S/c24-22-25-19-11-13-9-10-20(21(19)29-22)26(13)23(27)28-12-18-16-7-3-1-5-14(16)15-6-2-4-8-17(15)18/h1-8,13,18,20H,9-12H2,(H2,24,25). The first kappa shape index (κ1) is 17.0. The lowest BCUT2D eigenvalue weighted by molar-refractivity contribution is 0.0782. The van der Waals surface area contributed by atoms with E-state index in [4.69, 9.17) is 10.5 Å². The predicted octanol–water partition coefficient (Wildman–Crippen LogP) is 4.74. The Balaban J connectivity index is 1.25. The van der Waals surface area contributed by atoms with E-state index in [1.54, 1.807) is 0 Å². The molecule has 146 valence electrons. The van der Waals surface area contributed by atoms with Crippen LogP contribution in [0.3, 0.4) is 0 Å². The van der Waals surface area contributed by atoms with Crippen molar-refractivity contribution in [3.63, 3.8) is 0 Å². The van der Waals surface area contributed by atoms with E-state index in [-0.39, 0.29) is 24.1 Å². The summed E-state index contributed by atoms with van der Waals surface area (Å²) in [5.41, 5.74) is 11.9. The second-order valence-electron chi connectivity index (χ2n) is 8.03. The van der Waals surface area contributed by atoms with Gasteiger partial charge in [0.25, 0.3) is 0 Å². The summed E-state index contributed by atoms with van der Waals surface area (Å²) >= 11 is 1.51. The van der Waals surface area contributed by atoms with Gasteiger partial charge in [0.2, 0.25) is 0 Å². The van der Waals surface area contributed by atoms with E-state index in [2.05, 4.69) is 53.5 Å². The SMILES string of the molecule is Nc1nc2c(s1)C1CCC(C2)N1C(=O)OCC1c2ccccc2-c2ccccc21. The zero-order chi connectivity index (χ0) is 19.5. The summed E-state index contributed by atoms with van der Waals surface area (Å²) in [4.78, 5) is 20.7. The van der Waals surface area contributed by atoms with Crippen molar-refractivity contribution in [1.29, 1.82) is 0 Å². The molecule has 2 aromatic carbocycles. The molecule has 1 amide bonds. The number of nitrogens with zero attached hydrogens (tertiary/aromatic N) is 2. The van der Waals surface area contributed by atoms with Gasteiger partial charge in [-0.2, -0.15) is 0 Å². The van der Waals surface area contributed by atoms with Crippen molar-refractivity contribution in [3.8, 4) is 11.1 Å². The number of carbonyl (C=O) groups excluding carboxylic acids is 1. The molecular weight excluding hydrogens is 382 g/mol. The molecule has 2 aliphatic heterocycles. The summed E-state index contributed by atoms with van der Waals surface area (Å²) in [6.07, 6.45) is 2.53. The molecule has 6 heteroatoms. The van der Waals surface area contributed by atoms with Crippen LogP contribution >= 0.6 is 11.3 Å². The van der Waals surface area contributed by atoms with E-state index in [0.29, 0.717) is 11.7 Å². The maximum atomic E-state index is 13.1. The van der Waals surface area contributed by atoms with Crippen LogP contribution in [0.4, 0.5) is 9.93 Å². The zero-order valence-electron chi connectivity index (χ0n) is 15.9. The van der Waals surface area contributed by atoms with Gasteiger partial charge in [-0.25, -0.2) is 9.78 Å². The van der Waals surface area contributed by atoms with Crippen LogP contribution in [0.1, 0.15) is 46.5 Å². The second-order valence-corrected chi connectivity index (χ2v) is 9.09. The Bertz CT molecular complexity index is 1080. The topological polar surface area (TPSA) is 68.5 Å². The van der Waals surface area contributed by atoms with Crippen LogP contribution in [0.2, 0.25) is 0 Å². The molecule has 3 aliphatic rings. The molecular formula is C23H21N3O2S. The molecule has 1 aromatic heterocycles. The van der Waals surface area contributed by atoms with E-state index in [9.17, 15) is 4.79 Å². The Hall–Kier alpha value is -2.86. The Morgan fingerprint density at radius 2 is 1.79 bits per heavy atom. The molecule has 1 fully saturated rings. The first-order valence-corrected chi connectivity index (χ1v) is 10.9. The quantitative estimate of drug-likeness (QED) is 0.671. The number of aromatic nitrogens is 1. The summed E-state index contributed by atoms with van der Waals surface area (Å²) < 4.78 is 5.92. The number of hydrogen-bond donors (Lipinski definition) is 1. The van der Waals surface area contributed by atoms with Crippen molar-refractivity contribution in [2.75, 3.05) is 12.3 Å². The highest BCUT2D eigenvalue weighted by atomic mass is 32.1. The molecule has 2 bridgehead atoms. The summed E-state index contributed by atoms with van der Waals surface area (Å²) in [7, 11) is 0. The molecule has 1 aliphatic carbocycles. The number of rotatable bonds is 2. The normalized spacial score (nSPS) is 21.6. The first-order chi connectivity index (χ1) is 14.2. The van der Waals surface area contributed by atoms with Crippen LogP contribution in [-0.2, 0) is 11.2 Å². The highest BCUT2D eigenvalue weighted by molar-refractivity contribution is 7.15. The second kappa shape index (κ2) is 6.32. The highest BCUT2D eigenvalue weighted by Gasteiger charge is 2.45. The predicted molar refractivity (Wildman–Crippen MR) is 113 cm³/mol. The number of carbonyl (C=O) groups is 1. The number of benzene rings is 2. The minimum absolute atomic E-state index is 0.0641. The summed E-state index contributed by atoms with van der Waals surface area (Å²) in [6, 6.07) is 17.1. The lowest BCUT2D eigenvalue weighted by Crippen LogP contribution is -2.42. The molecule has 0 spiro atoms. The lowest BCUT2D eigenvalue weighted by atomic mass is 9.98. The number of ether oxygens (including phenoxy) is 1. The van der Waals surface area contributed by atoms with E-state index in [1.165, 1.54) is 33.6 Å². The zero-order valence-corrected chi connectivity index (χ0v) is 16.7. The summed E-state index contributed by atoms with van der Waals surface area (Å²) in [5.74, 6) is 0.0865. The Labute approximate surface area is 173 Å². The van der Waals surface area contributed by atoms with E-state index < -0.39 is 0 Å². The molecule has 5 nitrogen and oxygen atoms in total. The van der Waals surface area contributed by atoms with Crippen LogP contribution in [-0.4, -0.2) is 28.6 Å². The van der Waals surface area contributed by atoms with Crippen LogP contribution in [0.15, 0.2) is 48.5 Å². The van der Waals surface area contributed by atoms with Gasteiger partial charge >= 0.3 is 6.09 Å². The third-order valence-corrected chi connectivity index (χ3v) is 7.55. The third-order valence-electron chi connectivity index (χ3n) is 6.53. The van der Waals surface area contributed by atoms with Crippen LogP contribution in [0.5, 0.6) is 0 Å². The first-order valence-electron chi connectivity index (χ1n) is 10.1. The molecule has 2 unspecified atom stereocenters. The fourth-order valence-electron chi connectivity index (χ4n) is 5.30. The van der Waals surface area contributed by atoms with Gasteiger partial charge in [0.05, 0.1) is 16.6 Å². The van der Waals surface area contributed by atoms with E-state index in [1.807, 2.05) is 4.90 Å². The fraction of sp³-hybridized carbons (Fsp3) is 0.304. The minimum Gasteiger partial charge on any atom is -0.448 e. The number of nitrogens with two attached hydrogens (primary N) is 1. The van der Waals surface area contributed by atoms with Crippen molar-refractivity contribution in [2.24, 2.45) is 0 Å². The van der Waals surface area contributed by atoms with Crippen molar-refractivity contribution in [1.82, 2.24) is 9.88 Å². The van der Waals surface area contributed by atoms with E-state index >= 15 is 0 Å². The smallest absolute Gasteiger partial charge is 0.410 e. The molecule has 29 heavy (non-hydrogen) atoms. The van der Waals surface area contributed by atoms with Gasteiger partial charge in [0, 0.05) is 18.4 Å². The van der Waals surface area contributed by atoms with E-state index in [0.717, 1.165) is 29.8 Å². The number of thiazole rings is 1. The number of nitrogen functional groups attached to an aromatic ring is 1. The molecule has 3 heterocycles. The molecule has 0 radical (unpaired) electrons.